The fraction of sp³-hybridized carbons (Fsp3) is 0.0625. The molecule has 0 spiro atoms. The number of anilines is 2. The van der Waals surface area contributed by atoms with Gasteiger partial charge in [-0.05, 0) is 35.9 Å². The van der Waals surface area contributed by atoms with Gasteiger partial charge in [0.25, 0.3) is 0 Å². The van der Waals surface area contributed by atoms with Crippen molar-refractivity contribution in [1.82, 2.24) is 4.98 Å². The second-order valence-electron chi connectivity index (χ2n) is 4.84. The van der Waals surface area contributed by atoms with Crippen molar-refractivity contribution in [2.45, 2.75) is 6.18 Å². The molecule has 0 amide bonds. The molecule has 0 aliphatic heterocycles. The number of alkyl halides is 3. The highest BCUT2D eigenvalue weighted by Gasteiger charge is 2.38. The van der Waals surface area contributed by atoms with Gasteiger partial charge in [0.1, 0.15) is 0 Å². The van der Waals surface area contributed by atoms with Crippen LogP contribution in [0.2, 0.25) is 5.02 Å². The van der Waals surface area contributed by atoms with Crippen LogP contribution in [0.15, 0.2) is 53.0 Å². The normalized spacial score (nSPS) is 11.5. The summed E-state index contributed by atoms with van der Waals surface area (Å²) in [6.07, 6.45) is -4.54. The van der Waals surface area contributed by atoms with E-state index in [0.29, 0.717) is 16.3 Å². The van der Waals surface area contributed by atoms with Gasteiger partial charge < -0.3 is 5.32 Å². The largest absolute Gasteiger partial charge is 0.434 e. The van der Waals surface area contributed by atoms with Crippen LogP contribution in [0, 0.1) is 0 Å². The lowest BCUT2D eigenvalue weighted by atomic mass is 10.1. The van der Waals surface area contributed by atoms with Gasteiger partial charge in [-0.3, -0.25) is 0 Å². The highest BCUT2D eigenvalue weighted by atomic mass is 79.9. The molecule has 3 aromatic rings. The number of nitrogens with one attached hydrogen (secondary N) is 1. The van der Waals surface area contributed by atoms with Crippen molar-refractivity contribution in [2.24, 2.45) is 0 Å². The van der Waals surface area contributed by atoms with Gasteiger partial charge in [-0.15, -0.1) is 0 Å². The summed E-state index contributed by atoms with van der Waals surface area (Å²) in [5.74, 6) is 0. The van der Waals surface area contributed by atoms with Gasteiger partial charge in [0, 0.05) is 15.2 Å². The Morgan fingerprint density at radius 3 is 2.42 bits per heavy atom. The number of halogens is 5. The van der Waals surface area contributed by atoms with Crippen molar-refractivity contribution in [2.75, 3.05) is 5.32 Å². The average molecular weight is 434 g/mol. The van der Waals surface area contributed by atoms with E-state index in [1.54, 1.807) is 42.5 Å². The summed E-state index contributed by atoms with van der Waals surface area (Å²) in [4.78, 5) is 3.79. The molecule has 8 heteroatoms. The molecule has 2 aromatic carbocycles. The predicted octanol–water partition coefficient (Wildman–Crippen LogP) is 6.99. The fourth-order valence-electron chi connectivity index (χ4n) is 2.05. The van der Waals surface area contributed by atoms with E-state index in [1.165, 1.54) is 0 Å². The van der Waals surface area contributed by atoms with Gasteiger partial charge in [0.2, 0.25) is 0 Å². The van der Waals surface area contributed by atoms with E-state index in [1.807, 2.05) is 6.07 Å². The number of rotatable bonds is 3. The molecule has 1 N–H and O–H groups in total. The number of hydrogen-bond donors (Lipinski definition) is 1. The van der Waals surface area contributed by atoms with Crippen LogP contribution < -0.4 is 5.32 Å². The van der Waals surface area contributed by atoms with E-state index < -0.39 is 11.9 Å². The summed E-state index contributed by atoms with van der Waals surface area (Å²) < 4.78 is 40.8. The molecule has 124 valence electrons. The molecule has 24 heavy (non-hydrogen) atoms. The molecular formula is C16H9BrClF3N2S. The van der Waals surface area contributed by atoms with Crippen LogP contribution >= 0.6 is 38.9 Å². The van der Waals surface area contributed by atoms with Gasteiger partial charge in [-0.1, -0.05) is 57.1 Å². The van der Waals surface area contributed by atoms with E-state index in [9.17, 15) is 13.2 Å². The first-order chi connectivity index (χ1) is 11.3. The van der Waals surface area contributed by atoms with Gasteiger partial charge >= 0.3 is 6.18 Å². The molecule has 0 bridgehead atoms. The van der Waals surface area contributed by atoms with Gasteiger partial charge in [-0.25, -0.2) is 4.98 Å². The van der Waals surface area contributed by atoms with E-state index in [0.717, 1.165) is 15.8 Å². The summed E-state index contributed by atoms with van der Waals surface area (Å²) in [5, 5.41) is 3.54. The molecule has 3 rings (SSSR count). The van der Waals surface area contributed by atoms with Crippen LogP contribution in [0.1, 0.15) is 5.69 Å². The highest BCUT2D eigenvalue weighted by Crippen LogP contribution is 2.42. The highest BCUT2D eigenvalue weighted by molar-refractivity contribution is 9.10. The fourth-order valence-corrected chi connectivity index (χ4v) is 3.59. The lowest BCUT2D eigenvalue weighted by molar-refractivity contribution is -0.140. The molecule has 0 aliphatic rings. The molecule has 1 heterocycles. The zero-order valence-electron chi connectivity index (χ0n) is 11.9. The number of thiazole rings is 1. The van der Waals surface area contributed by atoms with Crippen molar-refractivity contribution >= 4 is 49.7 Å². The lowest BCUT2D eigenvalue weighted by Crippen LogP contribution is -2.07. The Labute approximate surface area is 153 Å². The zero-order chi connectivity index (χ0) is 17.3. The summed E-state index contributed by atoms with van der Waals surface area (Å²) in [6, 6.07) is 13.3. The van der Waals surface area contributed by atoms with Crippen LogP contribution in [-0.2, 0) is 6.18 Å². The predicted molar refractivity (Wildman–Crippen MR) is 95.0 cm³/mol. The molecule has 0 unspecified atom stereocenters. The number of nitrogens with zero attached hydrogens (tertiary/aromatic N) is 1. The molecule has 2 nitrogen and oxygen atoms in total. The lowest BCUT2D eigenvalue weighted by Gasteiger charge is -2.06. The van der Waals surface area contributed by atoms with E-state index in [-0.39, 0.29) is 10.0 Å². The molecule has 0 radical (unpaired) electrons. The summed E-state index contributed by atoms with van der Waals surface area (Å²) in [7, 11) is 0. The maximum Gasteiger partial charge on any atom is 0.434 e. The van der Waals surface area contributed by atoms with Crippen LogP contribution in [0.3, 0.4) is 0 Å². The second-order valence-corrected chi connectivity index (χ2v) is 7.19. The monoisotopic (exact) mass is 432 g/mol. The maximum absolute atomic E-state index is 13.3. The van der Waals surface area contributed by atoms with Crippen molar-refractivity contribution in [3.63, 3.8) is 0 Å². The number of benzene rings is 2. The van der Waals surface area contributed by atoms with Crippen molar-refractivity contribution in [3.8, 4) is 10.4 Å². The Kier molecular flexibility index (Phi) is 4.85. The number of hydrogen-bond acceptors (Lipinski definition) is 3. The van der Waals surface area contributed by atoms with Crippen molar-refractivity contribution in [1.29, 1.82) is 0 Å². The Morgan fingerprint density at radius 1 is 1.08 bits per heavy atom. The summed E-state index contributed by atoms with van der Waals surface area (Å²) in [5.41, 5.74) is 0.161. The third kappa shape index (κ3) is 3.91. The molecule has 0 saturated carbocycles. The molecular weight excluding hydrogens is 425 g/mol. The Balaban J connectivity index is 2.02. The molecule has 0 atom stereocenters. The number of aromatic nitrogens is 1. The second kappa shape index (κ2) is 6.74. The topological polar surface area (TPSA) is 24.9 Å². The SMILES string of the molecule is FC(F)(F)c1nc(Nc2cccc(Br)c2)sc1-c1ccc(Cl)cc1. The summed E-state index contributed by atoms with van der Waals surface area (Å²) in [6.45, 7) is 0. The average Bonchev–Trinajstić information content (AvgIpc) is 2.92. The first-order valence-corrected chi connectivity index (χ1v) is 8.68. The molecule has 1 aromatic heterocycles. The smallest absolute Gasteiger partial charge is 0.331 e. The van der Waals surface area contributed by atoms with Crippen LogP contribution in [0.4, 0.5) is 24.0 Å². The quantitative estimate of drug-likeness (QED) is 0.481. The van der Waals surface area contributed by atoms with Gasteiger partial charge in [0.15, 0.2) is 10.8 Å². The van der Waals surface area contributed by atoms with Crippen molar-refractivity contribution < 1.29 is 13.2 Å². The van der Waals surface area contributed by atoms with Crippen molar-refractivity contribution in [3.05, 3.63) is 63.7 Å². The first kappa shape index (κ1) is 17.3. The molecule has 0 saturated heterocycles. The van der Waals surface area contributed by atoms with E-state index in [2.05, 4.69) is 26.2 Å². The van der Waals surface area contributed by atoms with Crippen LogP contribution in [0.25, 0.3) is 10.4 Å². The van der Waals surface area contributed by atoms with E-state index in [4.69, 9.17) is 11.6 Å². The Morgan fingerprint density at radius 2 is 1.79 bits per heavy atom. The Bertz CT molecular complexity index is 863. The third-order valence-corrected chi connectivity index (χ3v) is 4.84. The first-order valence-electron chi connectivity index (χ1n) is 6.69. The minimum atomic E-state index is -4.54. The maximum atomic E-state index is 13.3. The minimum absolute atomic E-state index is 0.0525. The van der Waals surface area contributed by atoms with Gasteiger partial charge in [-0.2, -0.15) is 13.2 Å². The van der Waals surface area contributed by atoms with Crippen LogP contribution in [0.5, 0.6) is 0 Å². The summed E-state index contributed by atoms with van der Waals surface area (Å²) >= 11 is 10.1. The molecule has 0 fully saturated rings. The van der Waals surface area contributed by atoms with Gasteiger partial charge in [0.05, 0.1) is 4.88 Å². The van der Waals surface area contributed by atoms with E-state index >= 15 is 0 Å². The Hall–Kier alpha value is -1.57. The minimum Gasteiger partial charge on any atom is -0.331 e. The van der Waals surface area contributed by atoms with Crippen LogP contribution in [-0.4, -0.2) is 4.98 Å². The molecule has 0 aliphatic carbocycles. The standard InChI is InChI=1S/C16H9BrClF3N2S/c17-10-2-1-3-12(8-10)22-15-23-14(16(19,20)21)13(24-15)9-4-6-11(18)7-5-9/h1-8H,(H,22,23). The zero-order valence-corrected chi connectivity index (χ0v) is 15.0. The third-order valence-electron chi connectivity index (χ3n) is 3.08.